The van der Waals surface area contributed by atoms with E-state index < -0.39 is 0 Å². The molecule has 1 N–H and O–H groups in total. The largest absolute Gasteiger partial charge is 0.314 e. The number of rotatable bonds is 4. The number of likely N-dealkylation sites (tertiary alicyclic amines) is 1. The minimum atomic E-state index is -0.100. The average molecular weight is 319 g/mol. The van der Waals surface area contributed by atoms with Crippen LogP contribution in [0.2, 0.25) is 0 Å². The number of benzene rings is 1. The molecule has 1 aromatic carbocycles. The lowest BCUT2D eigenvalue weighted by molar-refractivity contribution is 0.0543. The van der Waals surface area contributed by atoms with Crippen molar-refractivity contribution < 1.29 is 4.39 Å². The Labute approximate surface area is 139 Å². The monoisotopic (exact) mass is 319 g/mol. The molecule has 2 saturated heterocycles. The quantitative estimate of drug-likeness (QED) is 0.921. The van der Waals surface area contributed by atoms with Gasteiger partial charge in [-0.2, -0.15) is 0 Å². The highest BCUT2D eigenvalue weighted by molar-refractivity contribution is 5.23. The number of hydrogen-bond donors (Lipinski definition) is 1. The van der Waals surface area contributed by atoms with Gasteiger partial charge in [-0.05, 0) is 56.5 Å². The predicted molar refractivity (Wildman–Crippen MR) is 93.1 cm³/mol. The molecule has 0 amide bonds. The maximum atomic E-state index is 13.4. The van der Waals surface area contributed by atoms with Gasteiger partial charge in [0.25, 0.3) is 0 Å². The molecule has 3 rings (SSSR count). The molecular formula is C19H30FN3. The lowest BCUT2D eigenvalue weighted by Gasteiger charge is -2.44. The number of piperazine rings is 1. The van der Waals surface area contributed by atoms with Gasteiger partial charge in [-0.3, -0.25) is 9.80 Å². The molecular weight excluding hydrogens is 289 g/mol. The number of nitrogens with zero attached hydrogens (tertiary/aromatic N) is 2. The highest BCUT2D eigenvalue weighted by atomic mass is 19.1. The molecule has 1 aromatic rings. The first-order valence-electron chi connectivity index (χ1n) is 9.11. The fourth-order valence-corrected chi connectivity index (χ4v) is 4.11. The Morgan fingerprint density at radius 3 is 2.70 bits per heavy atom. The molecule has 0 saturated carbocycles. The maximum Gasteiger partial charge on any atom is 0.126 e. The first-order valence-corrected chi connectivity index (χ1v) is 9.11. The summed E-state index contributed by atoms with van der Waals surface area (Å²) in [6, 6.07) is 6.97. The molecule has 4 heteroatoms. The first-order chi connectivity index (χ1) is 11.2. The van der Waals surface area contributed by atoms with E-state index in [0.717, 1.165) is 44.3 Å². The minimum Gasteiger partial charge on any atom is -0.314 e. The van der Waals surface area contributed by atoms with E-state index in [1.165, 1.54) is 31.4 Å². The van der Waals surface area contributed by atoms with E-state index in [0.29, 0.717) is 6.04 Å². The van der Waals surface area contributed by atoms with Crippen molar-refractivity contribution in [3.05, 3.63) is 35.1 Å². The van der Waals surface area contributed by atoms with Crippen LogP contribution in [-0.4, -0.2) is 54.6 Å². The zero-order valence-electron chi connectivity index (χ0n) is 14.5. The van der Waals surface area contributed by atoms with Crippen molar-refractivity contribution in [3.8, 4) is 0 Å². The number of hydrogen-bond acceptors (Lipinski definition) is 3. The average Bonchev–Trinajstić information content (AvgIpc) is 2.59. The summed E-state index contributed by atoms with van der Waals surface area (Å²) in [4.78, 5) is 5.27. The van der Waals surface area contributed by atoms with Crippen molar-refractivity contribution >= 4 is 0 Å². The van der Waals surface area contributed by atoms with Gasteiger partial charge in [-0.1, -0.05) is 19.1 Å². The normalized spacial score (nSPS) is 24.9. The first kappa shape index (κ1) is 16.9. The summed E-state index contributed by atoms with van der Waals surface area (Å²) in [5, 5.41) is 3.52. The van der Waals surface area contributed by atoms with Crippen LogP contribution in [0.5, 0.6) is 0 Å². The molecule has 23 heavy (non-hydrogen) atoms. The molecule has 1 atom stereocenters. The van der Waals surface area contributed by atoms with Crippen LogP contribution in [0.4, 0.5) is 4.39 Å². The second-order valence-corrected chi connectivity index (χ2v) is 7.09. The molecule has 3 nitrogen and oxygen atoms in total. The second kappa shape index (κ2) is 7.73. The van der Waals surface area contributed by atoms with Crippen LogP contribution in [0.25, 0.3) is 0 Å². The van der Waals surface area contributed by atoms with E-state index in [2.05, 4.69) is 22.0 Å². The number of nitrogens with one attached hydrogen (secondary N) is 1. The molecule has 128 valence electrons. The lowest BCUT2D eigenvalue weighted by atomic mass is 9.98. The highest BCUT2D eigenvalue weighted by Gasteiger charge is 2.30. The Bertz CT molecular complexity index is 511. The van der Waals surface area contributed by atoms with Crippen molar-refractivity contribution in [1.29, 1.82) is 0 Å². The third-order valence-electron chi connectivity index (χ3n) is 5.52. The van der Waals surface area contributed by atoms with Crippen LogP contribution in [0, 0.1) is 12.7 Å². The van der Waals surface area contributed by atoms with Crippen LogP contribution in [0.15, 0.2) is 18.2 Å². The topological polar surface area (TPSA) is 18.5 Å². The van der Waals surface area contributed by atoms with E-state index >= 15 is 0 Å². The van der Waals surface area contributed by atoms with Gasteiger partial charge in [0.2, 0.25) is 0 Å². The van der Waals surface area contributed by atoms with Gasteiger partial charge in [-0.25, -0.2) is 4.39 Å². The zero-order chi connectivity index (χ0) is 16.2. The van der Waals surface area contributed by atoms with Gasteiger partial charge >= 0.3 is 0 Å². The summed E-state index contributed by atoms with van der Waals surface area (Å²) < 4.78 is 13.4. The van der Waals surface area contributed by atoms with Crippen LogP contribution >= 0.6 is 0 Å². The van der Waals surface area contributed by atoms with Gasteiger partial charge in [0.15, 0.2) is 0 Å². The van der Waals surface area contributed by atoms with E-state index in [-0.39, 0.29) is 5.82 Å². The molecule has 2 heterocycles. The molecule has 2 aliphatic heterocycles. The fourth-order valence-electron chi connectivity index (χ4n) is 4.11. The molecule has 0 radical (unpaired) electrons. The van der Waals surface area contributed by atoms with E-state index in [1.54, 1.807) is 6.07 Å². The number of piperidine rings is 1. The summed E-state index contributed by atoms with van der Waals surface area (Å²) in [5.74, 6) is -0.100. The Morgan fingerprint density at radius 1 is 1.22 bits per heavy atom. The SMILES string of the molecule is CC[C@H]1CNCCN1C1CCN(Cc2ccc(F)c(C)c2)CC1. The Kier molecular flexibility index (Phi) is 5.67. The van der Waals surface area contributed by atoms with Crippen molar-refractivity contribution in [1.82, 2.24) is 15.1 Å². The van der Waals surface area contributed by atoms with Gasteiger partial charge in [0.1, 0.15) is 5.82 Å². The Hall–Kier alpha value is -0.970. The summed E-state index contributed by atoms with van der Waals surface area (Å²) in [6.07, 6.45) is 3.76. The van der Waals surface area contributed by atoms with E-state index in [4.69, 9.17) is 0 Å². The predicted octanol–water partition coefficient (Wildman–Crippen LogP) is 2.78. The minimum absolute atomic E-state index is 0.100. The second-order valence-electron chi connectivity index (χ2n) is 7.09. The summed E-state index contributed by atoms with van der Waals surface area (Å²) in [6.45, 7) is 10.9. The third-order valence-corrected chi connectivity index (χ3v) is 5.52. The molecule has 2 aliphatic rings. The smallest absolute Gasteiger partial charge is 0.126 e. The molecule has 0 bridgehead atoms. The van der Waals surface area contributed by atoms with Crippen LogP contribution in [-0.2, 0) is 6.54 Å². The molecule has 0 unspecified atom stereocenters. The van der Waals surface area contributed by atoms with Gasteiger partial charge in [0, 0.05) is 38.3 Å². The summed E-state index contributed by atoms with van der Waals surface area (Å²) in [7, 11) is 0. The molecule has 2 fully saturated rings. The Balaban J connectivity index is 1.52. The molecule has 0 spiro atoms. The summed E-state index contributed by atoms with van der Waals surface area (Å²) >= 11 is 0. The van der Waals surface area contributed by atoms with Gasteiger partial charge < -0.3 is 5.32 Å². The van der Waals surface area contributed by atoms with Crippen molar-refractivity contribution in [2.45, 2.75) is 51.7 Å². The van der Waals surface area contributed by atoms with Crippen molar-refractivity contribution in [3.63, 3.8) is 0 Å². The van der Waals surface area contributed by atoms with Gasteiger partial charge in [0.05, 0.1) is 0 Å². The van der Waals surface area contributed by atoms with Crippen LogP contribution in [0.1, 0.15) is 37.3 Å². The summed E-state index contributed by atoms with van der Waals surface area (Å²) in [5.41, 5.74) is 1.99. The third kappa shape index (κ3) is 4.11. The zero-order valence-corrected chi connectivity index (χ0v) is 14.5. The number of halogens is 1. The van der Waals surface area contributed by atoms with Crippen LogP contribution in [0.3, 0.4) is 0 Å². The highest BCUT2D eigenvalue weighted by Crippen LogP contribution is 2.22. The fraction of sp³-hybridized carbons (Fsp3) is 0.684. The lowest BCUT2D eigenvalue weighted by Crippen LogP contribution is -2.57. The standard InChI is InChI=1S/C19H30FN3/c1-3-17-13-21-8-11-23(17)18-6-9-22(10-7-18)14-16-4-5-19(20)15(2)12-16/h4-5,12,17-18,21H,3,6-11,13-14H2,1-2H3/t17-/m0/s1. The number of aryl methyl sites for hydroxylation is 1. The maximum absolute atomic E-state index is 13.4. The molecule has 0 aliphatic carbocycles. The van der Waals surface area contributed by atoms with Gasteiger partial charge in [-0.15, -0.1) is 0 Å². The van der Waals surface area contributed by atoms with Crippen molar-refractivity contribution in [2.24, 2.45) is 0 Å². The van der Waals surface area contributed by atoms with E-state index in [1.807, 2.05) is 19.1 Å². The van der Waals surface area contributed by atoms with E-state index in [9.17, 15) is 4.39 Å². The Morgan fingerprint density at radius 2 is 2.00 bits per heavy atom. The molecule has 0 aromatic heterocycles. The van der Waals surface area contributed by atoms with Crippen molar-refractivity contribution in [2.75, 3.05) is 32.7 Å². The van der Waals surface area contributed by atoms with Crippen LogP contribution < -0.4 is 5.32 Å².